The minimum atomic E-state index is -2.93. The summed E-state index contributed by atoms with van der Waals surface area (Å²) >= 11 is 0. The average molecular weight is 262 g/mol. The SMILES string of the molecule is CCCC(C)N(C)C(=O)NC1CCS(=O)(=O)C1. The molecule has 0 saturated carbocycles. The number of hydrogen-bond acceptors (Lipinski definition) is 3. The fourth-order valence-corrected chi connectivity index (χ4v) is 3.67. The highest BCUT2D eigenvalue weighted by molar-refractivity contribution is 7.91. The lowest BCUT2D eigenvalue weighted by Crippen LogP contribution is -2.46. The minimum Gasteiger partial charge on any atom is -0.334 e. The number of carbonyl (C=O) groups is 1. The zero-order valence-electron chi connectivity index (χ0n) is 10.8. The van der Waals surface area contributed by atoms with Gasteiger partial charge in [-0.3, -0.25) is 0 Å². The second kappa shape index (κ2) is 5.71. The number of nitrogens with one attached hydrogen (secondary N) is 1. The maximum absolute atomic E-state index is 11.8. The third-order valence-electron chi connectivity index (χ3n) is 3.25. The maximum atomic E-state index is 11.8. The standard InChI is InChI=1S/C11H22N2O3S/c1-4-5-9(2)13(3)11(14)12-10-6-7-17(15,16)8-10/h9-10H,4-8H2,1-3H3,(H,12,14). The van der Waals surface area contributed by atoms with Crippen molar-refractivity contribution in [2.45, 2.75) is 45.2 Å². The highest BCUT2D eigenvalue weighted by Crippen LogP contribution is 2.12. The van der Waals surface area contributed by atoms with E-state index < -0.39 is 9.84 Å². The summed E-state index contributed by atoms with van der Waals surface area (Å²) in [5.41, 5.74) is 0. The lowest BCUT2D eigenvalue weighted by Gasteiger charge is -2.26. The zero-order valence-corrected chi connectivity index (χ0v) is 11.6. The first-order valence-electron chi connectivity index (χ1n) is 6.09. The Morgan fingerprint density at radius 2 is 2.18 bits per heavy atom. The number of carbonyl (C=O) groups excluding carboxylic acids is 1. The molecule has 2 atom stereocenters. The van der Waals surface area contributed by atoms with Crippen LogP contribution in [0.25, 0.3) is 0 Å². The lowest BCUT2D eigenvalue weighted by atomic mass is 10.2. The molecule has 0 aromatic heterocycles. The van der Waals surface area contributed by atoms with E-state index in [4.69, 9.17) is 0 Å². The van der Waals surface area contributed by atoms with Gasteiger partial charge < -0.3 is 10.2 Å². The summed E-state index contributed by atoms with van der Waals surface area (Å²) in [6, 6.07) is -0.213. The van der Waals surface area contributed by atoms with Crippen molar-refractivity contribution in [3.05, 3.63) is 0 Å². The van der Waals surface area contributed by atoms with E-state index in [2.05, 4.69) is 12.2 Å². The predicted octanol–water partition coefficient (Wildman–Crippen LogP) is 1.00. The van der Waals surface area contributed by atoms with Gasteiger partial charge in [-0.15, -0.1) is 0 Å². The Kier molecular flexibility index (Phi) is 4.80. The fourth-order valence-electron chi connectivity index (χ4n) is 2.00. The summed E-state index contributed by atoms with van der Waals surface area (Å²) in [6.45, 7) is 4.07. The Morgan fingerprint density at radius 3 is 2.65 bits per heavy atom. The van der Waals surface area contributed by atoms with Crippen LogP contribution in [0.5, 0.6) is 0 Å². The van der Waals surface area contributed by atoms with E-state index in [1.54, 1.807) is 11.9 Å². The van der Waals surface area contributed by atoms with Gasteiger partial charge in [0.2, 0.25) is 0 Å². The van der Waals surface area contributed by atoms with Crippen LogP contribution in [0.1, 0.15) is 33.1 Å². The van der Waals surface area contributed by atoms with E-state index in [1.165, 1.54) is 0 Å². The first-order valence-corrected chi connectivity index (χ1v) is 7.91. The zero-order chi connectivity index (χ0) is 13.1. The third kappa shape index (κ3) is 4.18. The average Bonchev–Trinajstić information content (AvgIpc) is 2.57. The molecular weight excluding hydrogens is 240 g/mol. The lowest BCUT2D eigenvalue weighted by molar-refractivity contribution is 0.188. The predicted molar refractivity (Wildman–Crippen MR) is 67.7 cm³/mol. The minimum absolute atomic E-state index is 0.0781. The molecular formula is C11H22N2O3S. The third-order valence-corrected chi connectivity index (χ3v) is 5.02. The molecule has 1 fully saturated rings. The first kappa shape index (κ1) is 14.3. The van der Waals surface area contributed by atoms with Gasteiger partial charge in [-0.2, -0.15) is 0 Å². The molecule has 0 radical (unpaired) electrons. The molecule has 0 aromatic rings. The molecule has 2 amide bonds. The summed E-state index contributed by atoms with van der Waals surface area (Å²) in [5, 5.41) is 2.78. The molecule has 1 heterocycles. The van der Waals surface area contributed by atoms with E-state index in [9.17, 15) is 13.2 Å². The van der Waals surface area contributed by atoms with Crippen molar-refractivity contribution in [2.75, 3.05) is 18.6 Å². The smallest absolute Gasteiger partial charge is 0.317 e. The highest BCUT2D eigenvalue weighted by Gasteiger charge is 2.30. The van der Waals surface area contributed by atoms with Crippen molar-refractivity contribution < 1.29 is 13.2 Å². The second-order valence-electron chi connectivity index (χ2n) is 4.80. The Labute approximate surface area is 103 Å². The van der Waals surface area contributed by atoms with Crippen molar-refractivity contribution >= 4 is 15.9 Å². The Balaban J connectivity index is 2.44. The van der Waals surface area contributed by atoms with Crippen LogP contribution < -0.4 is 5.32 Å². The fraction of sp³-hybridized carbons (Fsp3) is 0.909. The second-order valence-corrected chi connectivity index (χ2v) is 7.03. The quantitative estimate of drug-likeness (QED) is 0.822. The Hall–Kier alpha value is -0.780. The summed E-state index contributed by atoms with van der Waals surface area (Å²) in [4.78, 5) is 13.5. The molecule has 0 spiro atoms. The molecule has 0 aromatic carbocycles. The number of sulfone groups is 1. The van der Waals surface area contributed by atoms with Crippen molar-refractivity contribution in [1.82, 2.24) is 10.2 Å². The number of nitrogens with zero attached hydrogens (tertiary/aromatic N) is 1. The molecule has 5 nitrogen and oxygen atoms in total. The van der Waals surface area contributed by atoms with Gasteiger partial charge in [-0.25, -0.2) is 13.2 Å². The van der Waals surface area contributed by atoms with Gasteiger partial charge in [0.1, 0.15) is 0 Å². The molecule has 1 rings (SSSR count). The molecule has 1 saturated heterocycles. The van der Waals surface area contributed by atoms with Crippen molar-refractivity contribution in [3.63, 3.8) is 0 Å². The highest BCUT2D eigenvalue weighted by atomic mass is 32.2. The van der Waals surface area contributed by atoms with Crippen LogP contribution in [0.4, 0.5) is 4.79 Å². The monoisotopic (exact) mass is 262 g/mol. The normalized spacial score (nSPS) is 24.3. The Morgan fingerprint density at radius 1 is 1.53 bits per heavy atom. The van der Waals surface area contributed by atoms with Gasteiger partial charge in [0.05, 0.1) is 11.5 Å². The van der Waals surface area contributed by atoms with Crippen LogP contribution in [0, 0.1) is 0 Å². The summed E-state index contributed by atoms with van der Waals surface area (Å²) in [5.74, 6) is 0.265. The molecule has 2 unspecified atom stereocenters. The van der Waals surface area contributed by atoms with E-state index >= 15 is 0 Å². The van der Waals surface area contributed by atoms with Crippen molar-refractivity contribution in [1.29, 1.82) is 0 Å². The maximum Gasteiger partial charge on any atom is 0.317 e. The van der Waals surface area contributed by atoms with Crippen LogP contribution in [0.2, 0.25) is 0 Å². The van der Waals surface area contributed by atoms with Crippen LogP contribution in [-0.2, 0) is 9.84 Å². The van der Waals surface area contributed by atoms with Gasteiger partial charge in [0.15, 0.2) is 9.84 Å². The number of hydrogen-bond donors (Lipinski definition) is 1. The molecule has 1 aliphatic heterocycles. The Bertz CT molecular complexity index is 367. The van der Waals surface area contributed by atoms with Crippen molar-refractivity contribution in [2.24, 2.45) is 0 Å². The van der Waals surface area contributed by atoms with Crippen molar-refractivity contribution in [3.8, 4) is 0 Å². The molecule has 0 bridgehead atoms. The van der Waals surface area contributed by atoms with Crippen LogP contribution >= 0.6 is 0 Å². The van der Waals surface area contributed by atoms with Gasteiger partial charge >= 0.3 is 6.03 Å². The van der Waals surface area contributed by atoms with E-state index in [0.717, 1.165) is 12.8 Å². The van der Waals surface area contributed by atoms with Gasteiger partial charge in [-0.1, -0.05) is 13.3 Å². The number of amides is 2. The topological polar surface area (TPSA) is 66.5 Å². The van der Waals surface area contributed by atoms with Gasteiger partial charge in [0, 0.05) is 19.1 Å². The van der Waals surface area contributed by atoms with E-state index in [-0.39, 0.29) is 29.6 Å². The molecule has 100 valence electrons. The molecule has 0 aliphatic carbocycles. The summed E-state index contributed by atoms with van der Waals surface area (Å²) < 4.78 is 22.5. The molecule has 1 N–H and O–H groups in total. The largest absolute Gasteiger partial charge is 0.334 e. The number of urea groups is 1. The first-order chi connectivity index (χ1) is 7.85. The summed E-state index contributed by atoms with van der Waals surface area (Å²) in [7, 11) is -1.18. The van der Waals surface area contributed by atoms with Crippen LogP contribution in [0.15, 0.2) is 0 Å². The number of rotatable bonds is 4. The van der Waals surface area contributed by atoms with Gasteiger partial charge in [-0.05, 0) is 19.8 Å². The van der Waals surface area contributed by atoms with Crippen LogP contribution in [0.3, 0.4) is 0 Å². The molecule has 17 heavy (non-hydrogen) atoms. The molecule has 1 aliphatic rings. The summed E-state index contributed by atoms with van der Waals surface area (Å²) in [6.07, 6.45) is 2.51. The molecule has 6 heteroatoms. The van der Waals surface area contributed by atoms with Gasteiger partial charge in [0.25, 0.3) is 0 Å². The van der Waals surface area contributed by atoms with E-state index in [0.29, 0.717) is 6.42 Å². The van der Waals surface area contributed by atoms with Crippen LogP contribution in [-0.4, -0.2) is 50.0 Å². The van der Waals surface area contributed by atoms with E-state index in [1.807, 2.05) is 6.92 Å².